The Kier molecular flexibility index (Phi) is 4.80. The van der Waals surface area contributed by atoms with Crippen LogP contribution in [0.25, 0.3) is 5.69 Å². The molecule has 1 aromatic carbocycles. The Morgan fingerprint density at radius 1 is 1.09 bits per heavy atom. The van der Waals surface area contributed by atoms with Gasteiger partial charge in [-0.05, 0) is 50.6 Å². The van der Waals surface area contributed by atoms with Gasteiger partial charge in [-0.2, -0.15) is 13.2 Å². The molecule has 1 heterocycles. The second kappa shape index (κ2) is 6.14. The van der Waals surface area contributed by atoms with Gasteiger partial charge in [-0.3, -0.25) is 0 Å². The van der Waals surface area contributed by atoms with Crippen LogP contribution in [-0.4, -0.2) is 11.1 Å². The van der Waals surface area contributed by atoms with Crippen LogP contribution < -0.4 is 5.73 Å². The summed E-state index contributed by atoms with van der Waals surface area (Å²) in [6.07, 6.45) is -3.81. The van der Waals surface area contributed by atoms with Crippen molar-refractivity contribution in [2.24, 2.45) is 5.73 Å². The zero-order chi connectivity index (χ0) is 16.7. The Morgan fingerprint density at radius 3 is 2.09 bits per heavy atom. The monoisotopic (exact) mass is 350 g/mol. The molecule has 0 unspecified atom stereocenters. The van der Waals surface area contributed by atoms with Crippen LogP contribution in [0.3, 0.4) is 0 Å². The normalized spacial score (nSPS) is 12.0. The summed E-state index contributed by atoms with van der Waals surface area (Å²) in [5, 5.41) is -0.0816. The molecule has 0 aliphatic carbocycles. The predicted molar refractivity (Wildman–Crippen MR) is 83.0 cm³/mol. The lowest BCUT2D eigenvalue weighted by Gasteiger charge is -2.16. The summed E-state index contributed by atoms with van der Waals surface area (Å²) in [6, 6.07) is 3.72. The highest BCUT2D eigenvalue weighted by atomic mass is 35.5. The summed E-state index contributed by atoms with van der Waals surface area (Å²) >= 11 is 12.2. The molecule has 0 saturated carbocycles. The van der Waals surface area contributed by atoms with Gasteiger partial charge in [-0.15, -0.1) is 0 Å². The van der Waals surface area contributed by atoms with E-state index in [1.165, 1.54) is 0 Å². The molecule has 0 radical (unpaired) electrons. The van der Waals surface area contributed by atoms with E-state index in [1.807, 2.05) is 19.9 Å². The van der Waals surface area contributed by atoms with E-state index >= 15 is 0 Å². The molecule has 2 aromatic rings. The van der Waals surface area contributed by atoms with Crippen LogP contribution in [0.5, 0.6) is 0 Å². The molecule has 0 fully saturated rings. The summed E-state index contributed by atoms with van der Waals surface area (Å²) in [4.78, 5) is 0. The fourth-order valence-electron chi connectivity index (χ4n) is 2.52. The van der Waals surface area contributed by atoms with Crippen molar-refractivity contribution in [1.29, 1.82) is 0 Å². The van der Waals surface area contributed by atoms with Crippen molar-refractivity contribution in [3.05, 3.63) is 50.8 Å². The lowest BCUT2D eigenvalue weighted by atomic mass is 10.1. The van der Waals surface area contributed by atoms with Crippen molar-refractivity contribution in [1.82, 2.24) is 4.57 Å². The second-order valence-electron chi connectivity index (χ2n) is 5.06. The molecule has 22 heavy (non-hydrogen) atoms. The molecular weight excluding hydrogens is 336 g/mol. The first-order valence-corrected chi connectivity index (χ1v) is 7.37. The predicted octanol–water partition coefficient (Wildman–Crippen LogP) is 4.92. The average molecular weight is 351 g/mol. The lowest BCUT2D eigenvalue weighted by Crippen LogP contribution is -2.08. The molecule has 0 saturated heterocycles. The molecular formula is C15H15Cl2F3N2. The van der Waals surface area contributed by atoms with Crippen LogP contribution in [0.4, 0.5) is 13.2 Å². The van der Waals surface area contributed by atoms with Gasteiger partial charge in [0.1, 0.15) is 0 Å². The van der Waals surface area contributed by atoms with Gasteiger partial charge in [0.05, 0.1) is 21.3 Å². The van der Waals surface area contributed by atoms with Gasteiger partial charge >= 0.3 is 6.18 Å². The van der Waals surface area contributed by atoms with E-state index in [-0.39, 0.29) is 10.0 Å². The quantitative estimate of drug-likeness (QED) is 0.836. The number of aromatic nitrogens is 1. The van der Waals surface area contributed by atoms with Gasteiger partial charge in [0.15, 0.2) is 0 Å². The molecule has 0 atom stereocenters. The molecule has 0 bridgehead atoms. The van der Waals surface area contributed by atoms with E-state index in [9.17, 15) is 13.2 Å². The van der Waals surface area contributed by atoms with Gasteiger partial charge in [0.2, 0.25) is 0 Å². The molecule has 2 nitrogen and oxygen atoms in total. The third-order valence-corrected chi connectivity index (χ3v) is 4.09. The zero-order valence-corrected chi connectivity index (χ0v) is 13.6. The van der Waals surface area contributed by atoms with Crippen LogP contribution in [-0.2, 0) is 12.6 Å². The number of nitrogens with two attached hydrogens (primary N) is 1. The van der Waals surface area contributed by atoms with E-state index in [0.29, 0.717) is 18.7 Å². The van der Waals surface area contributed by atoms with Crippen molar-refractivity contribution >= 4 is 23.2 Å². The van der Waals surface area contributed by atoms with E-state index in [4.69, 9.17) is 28.9 Å². The summed E-state index contributed by atoms with van der Waals surface area (Å²) in [7, 11) is 0. The molecule has 0 aliphatic heterocycles. The van der Waals surface area contributed by atoms with Gasteiger partial charge in [0, 0.05) is 11.4 Å². The maximum absolute atomic E-state index is 12.8. The van der Waals surface area contributed by atoms with E-state index in [0.717, 1.165) is 29.1 Å². The van der Waals surface area contributed by atoms with Crippen LogP contribution in [0.2, 0.25) is 10.0 Å². The van der Waals surface area contributed by atoms with Crippen molar-refractivity contribution in [2.75, 3.05) is 6.54 Å². The minimum Gasteiger partial charge on any atom is -0.330 e. The SMILES string of the molecule is Cc1cc(CCN)c(C)n1-c1c(Cl)cc(C(F)(F)F)cc1Cl. The molecule has 2 rings (SSSR count). The van der Waals surface area contributed by atoms with E-state index < -0.39 is 11.7 Å². The number of halogens is 5. The maximum Gasteiger partial charge on any atom is 0.416 e. The molecule has 1 aromatic heterocycles. The minimum atomic E-state index is -4.49. The van der Waals surface area contributed by atoms with Crippen LogP contribution >= 0.6 is 23.2 Å². The standard InChI is InChI=1S/C15H15Cl2F3N2/c1-8-5-10(3-4-21)9(2)22(8)14-12(16)6-11(7-13(14)17)15(18,19)20/h5-7H,3-4,21H2,1-2H3. The number of aryl methyl sites for hydroxylation is 1. The molecule has 120 valence electrons. The van der Waals surface area contributed by atoms with Crippen molar-refractivity contribution in [3.8, 4) is 5.69 Å². The third kappa shape index (κ3) is 3.12. The van der Waals surface area contributed by atoms with E-state index in [1.54, 1.807) is 4.57 Å². The highest BCUT2D eigenvalue weighted by molar-refractivity contribution is 6.38. The summed E-state index contributed by atoms with van der Waals surface area (Å²) in [6.45, 7) is 4.19. The highest BCUT2D eigenvalue weighted by Gasteiger charge is 2.32. The van der Waals surface area contributed by atoms with Crippen molar-refractivity contribution in [2.45, 2.75) is 26.4 Å². The number of hydrogen-bond acceptors (Lipinski definition) is 1. The summed E-state index contributed by atoms with van der Waals surface area (Å²) < 4.78 is 40.2. The number of hydrogen-bond donors (Lipinski definition) is 1. The fourth-order valence-corrected chi connectivity index (χ4v) is 3.18. The largest absolute Gasteiger partial charge is 0.416 e. The Balaban J connectivity index is 2.64. The number of rotatable bonds is 3. The van der Waals surface area contributed by atoms with Crippen LogP contribution in [0, 0.1) is 13.8 Å². The van der Waals surface area contributed by atoms with Gasteiger partial charge < -0.3 is 10.3 Å². The first-order chi connectivity index (χ1) is 10.2. The maximum atomic E-state index is 12.8. The summed E-state index contributed by atoms with van der Waals surface area (Å²) in [5.74, 6) is 0. The summed E-state index contributed by atoms with van der Waals surface area (Å²) in [5.41, 5.74) is 7.78. The van der Waals surface area contributed by atoms with E-state index in [2.05, 4.69) is 0 Å². The van der Waals surface area contributed by atoms with Gasteiger partial charge in [-0.1, -0.05) is 23.2 Å². The Hall–Kier alpha value is -1.17. The second-order valence-corrected chi connectivity index (χ2v) is 5.87. The van der Waals surface area contributed by atoms with Crippen molar-refractivity contribution in [3.63, 3.8) is 0 Å². The average Bonchev–Trinajstić information content (AvgIpc) is 2.65. The highest BCUT2D eigenvalue weighted by Crippen LogP contribution is 2.38. The number of alkyl halides is 3. The van der Waals surface area contributed by atoms with Crippen molar-refractivity contribution < 1.29 is 13.2 Å². The molecule has 0 spiro atoms. The van der Waals surface area contributed by atoms with Crippen LogP contribution in [0.1, 0.15) is 22.5 Å². The molecule has 7 heteroatoms. The first-order valence-electron chi connectivity index (χ1n) is 6.61. The van der Waals surface area contributed by atoms with Gasteiger partial charge in [0.25, 0.3) is 0 Å². The minimum absolute atomic E-state index is 0.0408. The Morgan fingerprint density at radius 2 is 1.64 bits per heavy atom. The fraction of sp³-hybridized carbons (Fsp3) is 0.333. The van der Waals surface area contributed by atoms with Gasteiger partial charge in [-0.25, -0.2) is 0 Å². The number of nitrogens with zero attached hydrogens (tertiary/aromatic N) is 1. The first kappa shape index (κ1) is 17.2. The lowest BCUT2D eigenvalue weighted by molar-refractivity contribution is -0.137. The van der Waals surface area contributed by atoms with Crippen LogP contribution in [0.15, 0.2) is 18.2 Å². The number of benzene rings is 1. The zero-order valence-electron chi connectivity index (χ0n) is 12.1. The molecule has 0 aliphatic rings. The Bertz CT molecular complexity index is 683. The molecule has 0 amide bonds. The smallest absolute Gasteiger partial charge is 0.330 e. The molecule has 2 N–H and O–H groups in total. The topological polar surface area (TPSA) is 30.9 Å². The Labute approximate surface area is 136 Å². The third-order valence-electron chi connectivity index (χ3n) is 3.52.